The molecule has 1 aliphatic heterocycles. The average molecular weight is 393 g/mol. The van der Waals surface area contributed by atoms with Crippen molar-refractivity contribution < 1.29 is 9.18 Å². The molecular weight excluding hydrogens is 369 g/mol. The van der Waals surface area contributed by atoms with E-state index >= 15 is 0 Å². The van der Waals surface area contributed by atoms with Gasteiger partial charge in [-0.25, -0.2) is 9.07 Å². The number of rotatable bonds is 5. The van der Waals surface area contributed by atoms with Crippen molar-refractivity contribution in [2.45, 2.75) is 31.8 Å². The monoisotopic (exact) mass is 393 g/mol. The molecule has 1 amide bonds. The highest BCUT2D eigenvalue weighted by molar-refractivity contribution is 5.92. The lowest BCUT2D eigenvalue weighted by molar-refractivity contribution is 0.0635. The maximum atomic E-state index is 13.4. The third-order valence-corrected chi connectivity index (χ3v) is 5.20. The maximum Gasteiger partial charge on any atom is 0.274 e. The van der Waals surface area contributed by atoms with Gasteiger partial charge in [0, 0.05) is 18.4 Å². The Hall–Kier alpha value is -3.06. The Bertz CT molecular complexity index is 933. The Morgan fingerprint density at radius 1 is 1.14 bits per heavy atom. The van der Waals surface area contributed by atoms with Crippen LogP contribution in [-0.2, 0) is 6.54 Å². The summed E-state index contributed by atoms with van der Waals surface area (Å²) in [6.07, 6.45) is 6.35. The fourth-order valence-corrected chi connectivity index (χ4v) is 3.67. The standard InChI is InChI=1S/C22H24FN5O/c23-17-6-8-20(9-7-17)28-15-11-21(26-28)22(29)27(16-18-4-1-2-13-25-18)19-5-3-12-24-14-10-19/h1-2,4,6-9,11,13,15,19,24H,3,5,10,12,14,16H2. The number of carbonyl (C=O) groups excluding carboxylic acids is 1. The summed E-state index contributed by atoms with van der Waals surface area (Å²) >= 11 is 0. The van der Waals surface area contributed by atoms with Gasteiger partial charge in [-0.3, -0.25) is 9.78 Å². The lowest BCUT2D eigenvalue weighted by atomic mass is 10.1. The fraction of sp³-hybridized carbons (Fsp3) is 0.318. The maximum absolute atomic E-state index is 13.4. The van der Waals surface area contributed by atoms with Crippen molar-refractivity contribution in [3.63, 3.8) is 0 Å². The molecule has 0 radical (unpaired) electrons. The van der Waals surface area contributed by atoms with Gasteiger partial charge >= 0.3 is 0 Å². The highest BCUT2D eigenvalue weighted by Gasteiger charge is 2.27. The molecule has 2 aromatic heterocycles. The number of carbonyl (C=O) groups is 1. The summed E-state index contributed by atoms with van der Waals surface area (Å²) < 4.78 is 14.8. The molecule has 0 spiro atoms. The lowest BCUT2D eigenvalue weighted by Gasteiger charge is -2.30. The molecule has 3 aromatic rings. The van der Waals surface area contributed by atoms with Crippen LogP contribution in [0.25, 0.3) is 5.69 Å². The largest absolute Gasteiger partial charge is 0.328 e. The number of aromatic nitrogens is 3. The van der Waals surface area contributed by atoms with Gasteiger partial charge in [0.1, 0.15) is 5.82 Å². The molecule has 6 nitrogen and oxygen atoms in total. The number of hydrogen-bond acceptors (Lipinski definition) is 4. The minimum absolute atomic E-state index is 0.108. The molecule has 0 bridgehead atoms. The first kappa shape index (κ1) is 19.3. The Morgan fingerprint density at radius 2 is 2.00 bits per heavy atom. The molecule has 1 atom stereocenters. The summed E-state index contributed by atoms with van der Waals surface area (Å²) in [6.45, 7) is 2.32. The Labute approximate surface area is 169 Å². The van der Waals surface area contributed by atoms with Gasteiger partial charge in [0.05, 0.1) is 17.9 Å². The smallest absolute Gasteiger partial charge is 0.274 e. The molecule has 29 heavy (non-hydrogen) atoms. The second-order valence-electron chi connectivity index (χ2n) is 7.21. The third-order valence-electron chi connectivity index (χ3n) is 5.20. The molecule has 1 saturated heterocycles. The Balaban J connectivity index is 1.59. The number of nitrogens with zero attached hydrogens (tertiary/aromatic N) is 4. The zero-order valence-electron chi connectivity index (χ0n) is 16.2. The van der Waals surface area contributed by atoms with Gasteiger partial charge in [0.25, 0.3) is 5.91 Å². The molecule has 1 fully saturated rings. The number of benzene rings is 1. The van der Waals surface area contributed by atoms with E-state index < -0.39 is 0 Å². The first-order chi connectivity index (χ1) is 14.2. The second-order valence-corrected chi connectivity index (χ2v) is 7.21. The van der Waals surface area contributed by atoms with Crippen LogP contribution < -0.4 is 5.32 Å². The van der Waals surface area contributed by atoms with E-state index in [4.69, 9.17) is 0 Å². The molecule has 1 aliphatic rings. The van der Waals surface area contributed by atoms with Crippen molar-refractivity contribution in [2.75, 3.05) is 13.1 Å². The lowest BCUT2D eigenvalue weighted by Crippen LogP contribution is -2.40. The quantitative estimate of drug-likeness (QED) is 0.723. The molecule has 1 unspecified atom stereocenters. The topological polar surface area (TPSA) is 63.1 Å². The first-order valence-electron chi connectivity index (χ1n) is 9.94. The minimum Gasteiger partial charge on any atom is -0.328 e. The van der Waals surface area contributed by atoms with Gasteiger partial charge < -0.3 is 10.2 Å². The van der Waals surface area contributed by atoms with Crippen LogP contribution in [-0.4, -0.2) is 44.7 Å². The Morgan fingerprint density at radius 3 is 2.79 bits per heavy atom. The highest BCUT2D eigenvalue weighted by Crippen LogP contribution is 2.19. The number of amides is 1. The zero-order chi connectivity index (χ0) is 20.1. The average Bonchev–Trinajstić information content (AvgIpc) is 3.09. The van der Waals surface area contributed by atoms with Crippen LogP contribution in [0.15, 0.2) is 60.9 Å². The Kier molecular flexibility index (Phi) is 5.95. The van der Waals surface area contributed by atoms with Crippen molar-refractivity contribution in [3.05, 3.63) is 78.1 Å². The van der Waals surface area contributed by atoms with Crippen LogP contribution in [0.5, 0.6) is 0 Å². The minimum atomic E-state index is -0.305. The molecule has 4 rings (SSSR count). The van der Waals surface area contributed by atoms with Gasteiger partial charge in [-0.05, 0) is 74.8 Å². The third kappa shape index (κ3) is 4.68. The van der Waals surface area contributed by atoms with E-state index in [1.807, 2.05) is 23.1 Å². The molecule has 7 heteroatoms. The predicted octanol–water partition coefficient (Wildman–Crippen LogP) is 3.19. The van der Waals surface area contributed by atoms with Gasteiger partial charge in [-0.1, -0.05) is 6.07 Å². The number of pyridine rings is 1. The van der Waals surface area contributed by atoms with E-state index in [2.05, 4.69) is 15.4 Å². The van der Waals surface area contributed by atoms with Crippen molar-refractivity contribution in [3.8, 4) is 5.69 Å². The van der Waals surface area contributed by atoms with Crippen LogP contribution in [0.4, 0.5) is 4.39 Å². The SMILES string of the molecule is O=C(c1ccn(-c2ccc(F)cc2)n1)N(Cc1ccccn1)C1CCCNCC1. The number of halogens is 1. The second kappa shape index (κ2) is 8.96. The summed E-state index contributed by atoms with van der Waals surface area (Å²) in [6, 6.07) is 13.6. The van der Waals surface area contributed by atoms with Crippen molar-refractivity contribution in [1.29, 1.82) is 0 Å². The summed E-state index contributed by atoms with van der Waals surface area (Å²) in [5.74, 6) is -0.413. The number of hydrogen-bond donors (Lipinski definition) is 1. The molecule has 1 aromatic carbocycles. The summed E-state index contributed by atoms with van der Waals surface area (Å²) in [7, 11) is 0. The van der Waals surface area contributed by atoms with Crippen LogP contribution in [0.3, 0.4) is 0 Å². The summed E-state index contributed by atoms with van der Waals surface area (Å²) in [5.41, 5.74) is 1.94. The van der Waals surface area contributed by atoms with Gasteiger partial charge in [0.15, 0.2) is 5.69 Å². The van der Waals surface area contributed by atoms with Crippen molar-refractivity contribution in [2.24, 2.45) is 0 Å². The van der Waals surface area contributed by atoms with Crippen molar-refractivity contribution >= 4 is 5.91 Å². The van der Waals surface area contributed by atoms with Gasteiger partial charge in [-0.2, -0.15) is 5.10 Å². The van der Waals surface area contributed by atoms with E-state index in [9.17, 15) is 9.18 Å². The van der Waals surface area contributed by atoms with E-state index in [1.165, 1.54) is 12.1 Å². The molecule has 0 saturated carbocycles. The van der Waals surface area contributed by atoms with Gasteiger partial charge in [-0.15, -0.1) is 0 Å². The fourth-order valence-electron chi connectivity index (χ4n) is 3.67. The summed E-state index contributed by atoms with van der Waals surface area (Å²) in [5, 5.41) is 7.86. The first-order valence-corrected chi connectivity index (χ1v) is 9.94. The van der Waals surface area contributed by atoms with Crippen LogP contribution in [0.1, 0.15) is 35.4 Å². The predicted molar refractivity (Wildman–Crippen MR) is 108 cm³/mol. The van der Waals surface area contributed by atoms with Crippen LogP contribution in [0, 0.1) is 5.82 Å². The van der Waals surface area contributed by atoms with E-state index in [0.717, 1.165) is 38.0 Å². The number of nitrogens with one attached hydrogen (secondary N) is 1. The van der Waals surface area contributed by atoms with E-state index in [1.54, 1.807) is 35.3 Å². The highest BCUT2D eigenvalue weighted by atomic mass is 19.1. The molecule has 1 N–H and O–H groups in total. The summed E-state index contributed by atoms with van der Waals surface area (Å²) in [4.78, 5) is 19.7. The van der Waals surface area contributed by atoms with Crippen molar-refractivity contribution in [1.82, 2.24) is 25.0 Å². The molecule has 150 valence electrons. The van der Waals surface area contributed by atoms with E-state index in [0.29, 0.717) is 17.9 Å². The van der Waals surface area contributed by atoms with Crippen LogP contribution >= 0.6 is 0 Å². The zero-order valence-corrected chi connectivity index (χ0v) is 16.2. The molecule has 0 aliphatic carbocycles. The van der Waals surface area contributed by atoms with Crippen LogP contribution in [0.2, 0.25) is 0 Å². The normalized spacial score (nSPS) is 16.9. The molecular formula is C22H24FN5O. The van der Waals surface area contributed by atoms with E-state index in [-0.39, 0.29) is 17.8 Å². The van der Waals surface area contributed by atoms with Gasteiger partial charge in [0.2, 0.25) is 0 Å². The molecule has 3 heterocycles.